The van der Waals surface area contributed by atoms with E-state index in [1.165, 1.54) is 12.1 Å². The van der Waals surface area contributed by atoms with Gasteiger partial charge < -0.3 is 9.84 Å². The highest BCUT2D eigenvalue weighted by Gasteiger charge is 2.09. The number of phenols is 1. The van der Waals surface area contributed by atoms with E-state index in [9.17, 15) is 9.50 Å². The number of methoxy groups -OCH3 is 1. The summed E-state index contributed by atoms with van der Waals surface area (Å²) in [6.45, 7) is 0. The van der Waals surface area contributed by atoms with E-state index in [-0.39, 0.29) is 11.6 Å². The van der Waals surface area contributed by atoms with Crippen molar-refractivity contribution in [2.45, 2.75) is 0 Å². The van der Waals surface area contributed by atoms with Crippen LogP contribution in [0, 0.1) is 5.82 Å². The Balaban J connectivity index is 2.21. The first-order valence-electron chi connectivity index (χ1n) is 6.25. The molecule has 3 rings (SSSR count). The van der Waals surface area contributed by atoms with E-state index in [0.29, 0.717) is 16.5 Å². The van der Waals surface area contributed by atoms with E-state index in [2.05, 4.69) is 0 Å². The monoisotopic (exact) mass is 268 g/mol. The van der Waals surface area contributed by atoms with Gasteiger partial charge in [0.1, 0.15) is 17.3 Å². The van der Waals surface area contributed by atoms with Gasteiger partial charge in [-0.25, -0.2) is 4.39 Å². The van der Waals surface area contributed by atoms with Crippen LogP contribution in [0.3, 0.4) is 0 Å². The zero-order valence-corrected chi connectivity index (χ0v) is 10.9. The number of benzene rings is 3. The van der Waals surface area contributed by atoms with Crippen molar-refractivity contribution >= 4 is 10.8 Å². The Bertz CT molecular complexity index is 781. The predicted molar refractivity (Wildman–Crippen MR) is 77.6 cm³/mol. The van der Waals surface area contributed by atoms with Gasteiger partial charge >= 0.3 is 0 Å². The standard InChI is InChI=1S/C17H13FO2/c1-20-14-6-8-16-12(10-14)5-7-15(17(16)19)11-3-2-4-13(18)9-11/h2-10,19H,1H3. The van der Waals surface area contributed by atoms with Crippen LogP contribution in [0.25, 0.3) is 21.9 Å². The van der Waals surface area contributed by atoms with Crippen LogP contribution < -0.4 is 4.74 Å². The molecule has 0 bridgehead atoms. The SMILES string of the molecule is COc1ccc2c(O)c(-c3cccc(F)c3)ccc2c1. The van der Waals surface area contributed by atoms with Crippen molar-refractivity contribution in [2.75, 3.05) is 7.11 Å². The second-order valence-corrected chi connectivity index (χ2v) is 4.56. The van der Waals surface area contributed by atoms with Crippen molar-refractivity contribution in [1.82, 2.24) is 0 Å². The van der Waals surface area contributed by atoms with Crippen LogP contribution in [0.5, 0.6) is 11.5 Å². The van der Waals surface area contributed by atoms with Crippen molar-refractivity contribution in [3.8, 4) is 22.6 Å². The van der Waals surface area contributed by atoms with Crippen molar-refractivity contribution in [2.24, 2.45) is 0 Å². The Morgan fingerprint density at radius 2 is 1.85 bits per heavy atom. The van der Waals surface area contributed by atoms with Crippen molar-refractivity contribution in [1.29, 1.82) is 0 Å². The number of ether oxygens (including phenoxy) is 1. The first-order chi connectivity index (χ1) is 9.69. The van der Waals surface area contributed by atoms with E-state index < -0.39 is 0 Å². The maximum Gasteiger partial charge on any atom is 0.131 e. The lowest BCUT2D eigenvalue weighted by Gasteiger charge is -2.09. The van der Waals surface area contributed by atoms with Gasteiger partial charge in [-0.15, -0.1) is 0 Å². The molecule has 3 aromatic rings. The Kier molecular flexibility index (Phi) is 3.03. The molecular weight excluding hydrogens is 255 g/mol. The maximum atomic E-state index is 13.3. The molecule has 0 atom stereocenters. The van der Waals surface area contributed by atoms with Gasteiger partial charge in [-0.05, 0) is 41.3 Å². The minimum atomic E-state index is -0.322. The average Bonchev–Trinajstić information content (AvgIpc) is 2.47. The molecular formula is C17H13FO2. The third-order valence-corrected chi connectivity index (χ3v) is 3.33. The highest BCUT2D eigenvalue weighted by atomic mass is 19.1. The van der Waals surface area contributed by atoms with Crippen molar-refractivity contribution in [3.05, 3.63) is 60.4 Å². The van der Waals surface area contributed by atoms with Crippen LogP contribution in [0.15, 0.2) is 54.6 Å². The average molecular weight is 268 g/mol. The lowest BCUT2D eigenvalue weighted by Crippen LogP contribution is -1.85. The van der Waals surface area contributed by atoms with Crippen LogP contribution in [0.4, 0.5) is 4.39 Å². The Hall–Kier alpha value is -2.55. The third kappa shape index (κ3) is 2.07. The molecule has 1 N–H and O–H groups in total. The number of hydrogen-bond donors (Lipinski definition) is 1. The number of aromatic hydroxyl groups is 1. The van der Waals surface area contributed by atoms with E-state index >= 15 is 0 Å². The molecule has 0 spiro atoms. The molecule has 0 amide bonds. The van der Waals surface area contributed by atoms with Crippen LogP contribution >= 0.6 is 0 Å². The minimum Gasteiger partial charge on any atom is -0.507 e. The highest BCUT2D eigenvalue weighted by Crippen LogP contribution is 2.37. The van der Waals surface area contributed by atoms with Gasteiger partial charge in [0, 0.05) is 10.9 Å². The molecule has 0 aliphatic heterocycles. The molecule has 0 unspecified atom stereocenters. The van der Waals surface area contributed by atoms with Gasteiger partial charge in [0.25, 0.3) is 0 Å². The summed E-state index contributed by atoms with van der Waals surface area (Å²) in [6.07, 6.45) is 0. The zero-order chi connectivity index (χ0) is 14.1. The normalized spacial score (nSPS) is 10.7. The predicted octanol–water partition coefficient (Wildman–Crippen LogP) is 4.36. The molecule has 0 saturated carbocycles. The molecule has 0 radical (unpaired) electrons. The molecule has 20 heavy (non-hydrogen) atoms. The van der Waals surface area contributed by atoms with Gasteiger partial charge in [0.15, 0.2) is 0 Å². The number of hydrogen-bond acceptors (Lipinski definition) is 2. The first-order valence-corrected chi connectivity index (χ1v) is 6.25. The second kappa shape index (κ2) is 4.85. The summed E-state index contributed by atoms with van der Waals surface area (Å²) in [6, 6.07) is 15.3. The summed E-state index contributed by atoms with van der Waals surface area (Å²) < 4.78 is 18.5. The third-order valence-electron chi connectivity index (χ3n) is 3.33. The second-order valence-electron chi connectivity index (χ2n) is 4.56. The van der Waals surface area contributed by atoms with Crippen LogP contribution in [0.1, 0.15) is 0 Å². The van der Waals surface area contributed by atoms with E-state index in [0.717, 1.165) is 11.1 Å². The molecule has 0 aromatic heterocycles. The Labute approximate surface area is 116 Å². The summed E-state index contributed by atoms with van der Waals surface area (Å²) in [4.78, 5) is 0. The number of halogens is 1. The van der Waals surface area contributed by atoms with Gasteiger partial charge in [-0.3, -0.25) is 0 Å². The first kappa shape index (κ1) is 12.5. The fourth-order valence-corrected chi connectivity index (χ4v) is 2.31. The van der Waals surface area contributed by atoms with Crippen molar-refractivity contribution in [3.63, 3.8) is 0 Å². The Morgan fingerprint density at radius 3 is 2.60 bits per heavy atom. The summed E-state index contributed by atoms with van der Waals surface area (Å²) in [5.74, 6) is 0.558. The molecule has 0 heterocycles. The van der Waals surface area contributed by atoms with Crippen LogP contribution in [-0.4, -0.2) is 12.2 Å². The van der Waals surface area contributed by atoms with Crippen LogP contribution in [0.2, 0.25) is 0 Å². The fourth-order valence-electron chi connectivity index (χ4n) is 2.31. The molecule has 2 nitrogen and oxygen atoms in total. The topological polar surface area (TPSA) is 29.5 Å². The molecule has 0 fully saturated rings. The number of phenolic OH excluding ortho intramolecular Hbond substituents is 1. The molecule has 3 aromatic carbocycles. The fraction of sp³-hybridized carbons (Fsp3) is 0.0588. The van der Waals surface area contributed by atoms with Gasteiger partial charge in [-0.2, -0.15) is 0 Å². The van der Waals surface area contributed by atoms with E-state index in [1.807, 2.05) is 12.1 Å². The number of rotatable bonds is 2. The molecule has 0 aliphatic rings. The smallest absolute Gasteiger partial charge is 0.131 e. The lowest BCUT2D eigenvalue weighted by atomic mass is 9.99. The largest absolute Gasteiger partial charge is 0.507 e. The minimum absolute atomic E-state index is 0.149. The van der Waals surface area contributed by atoms with Gasteiger partial charge in [-0.1, -0.05) is 24.3 Å². The molecule has 100 valence electrons. The van der Waals surface area contributed by atoms with E-state index in [1.54, 1.807) is 37.4 Å². The quantitative estimate of drug-likeness (QED) is 0.748. The molecule has 0 aliphatic carbocycles. The summed E-state index contributed by atoms with van der Waals surface area (Å²) in [5.41, 5.74) is 1.27. The van der Waals surface area contributed by atoms with E-state index in [4.69, 9.17) is 4.74 Å². The summed E-state index contributed by atoms with van der Waals surface area (Å²) in [5, 5.41) is 12.0. The highest BCUT2D eigenvalue weighted by molar-refractivity contribution is 5.95. The number of fused-ring (bicyclic) bond motifs is 1. The lowest BCUT2D eigenvalue weighted by molar-refractivity contribution is 0.415. The molecule has 0 saturated heterocycles. The van der Waals surface area contributed by atoms with Crippen molar-refractivity contribution < 1.29 is 14.2 Å². The van der Waals surface area contributed by atoms with Gasteiger partial charge in [0.2, 0.25) is 0 Å². The summed E-state index contributed by atoms with van der Waals surface area (Å²) in [7, 11) is 1.60. The Morgan fingerprint density at radius 1 is 1.00 bits per heavy atom. The maximum absolute atomic E-state index is 13.3. The van der Waals surface area contributed by atoms with Crippen LogP contribution in [-0.2, 0) is 0 Å². The molecule has 3 heteroatoms. The summed E-state index contributed by atoms with van der Waals surface area (Å²) >= 11 is 0. The zero-order valence-electron chi connectivity index (χ0n) is 10.9. The van der Waals surface area contributed by atoms with Gasteiger partial charge in [0.05, 0.1) is 7.11 Å².